The van der Waals surface area contributed by atoms with Gasteiger partial charge in [-0.3, -0.25) is 4.79 Å². The molecule has 0 bridgehead atoms. The zero-order valence-corrected chi connectivity index (χ0v) is 12.2. The van der Waals surface area contributed by atoms with Crippen molar-refractivity contribution in [2.45, 2.75) is 63.8 Å². The van der Waals surface area contributed by atoms with Crippen molar-refractivity contribution in [3.05, 3.63) is 11.8 Å². The molecule has 1 heterocycles. The van der Waals surface area contributed by atoms with Gasteiger partial charge >= 0.3 is 0 Å². The summed E-state index contributed by atoms with van der Waals surface area (Å²) < 4.78 is 0. The van der Waals surface area contributed by atoms with Gasteiger partial charge in [0.05, 0.1) is 0 Å². The van der Waals surface area contributed by atoms with Crippen LogP contribution in [0.5, 0.6) is 0 Å². The van der Waals surface area contributed by atoms with E-state index >= 15 is 0 Å². The molecule has 1 saturated heterocycles. The minimum atomic E-state index is -0.103. The van der Waals surface area contributed by atoms with Crippen LogP contribution in [-0.4, -0.2) is 29.9 Å². The molecule has 0 unspecified atom stereocenters. The van der Waals surface area contributed by atoms with Crippen molar-refractivity contribution in [2.24, 2.45) is 0 Å². The van der Waals surface area contributed by atoms with Gasteiger partial charge in [-0.1, -0.05) is 25.7 Å². The molecule has 0 aromatic carbocycles. The normalized spacial score (nSPS) is 21.9. The van der Waals surface area contributed by atoms with E-state index in [1.54, 1.807) is 6.20 Å². The number of hydrogen-bond donors (Lipinski definition) is 1. The molecule has 0 atom stereocenters. The third-order valence-electron chi connectivity index (χ3n) is 4.31. The molecule has 110 valence electrons. The summed E-state index contributed by atoms with van der Waals surface area (Å²) in [5.74, 6) is -0.103. The van der Waals surface area contributed by atoms with Gasteiger partial charge in [0.15, 0.2) is 0 Å². The van der Waals surface area contributed by atoms with Gasteiger partial charge in [-0.2, -0.15) is 5.26 Å². The Morgan fingerprint density at radius 3 is 2.25 bits per heavy atom. The number of nitrogens with one attached hydrogen (secondary N) is 1. The Hall–Kier alpha value is -1.50. The van der Waals surface area contributed by atoms with Crippen molar-refractivity contribution in [2.75, 3.05) is 13.1 Å². The standard InChI is InChI=1S/C16H25N3O/c17-12-14(16(20)19-10-6-3-7-11-19)13-18-15-8-4-1-2-5-9-15/h13,15,18H,1-11H2/b14-13-. The van der Waals surface area contributed by atoms with Crippen molar-refractivity contribution < 1.29 is 4.79 Å². The molecule has 1 saturated carbocycles. The molecular weight excluding hydrogens is 250 g/mol. The quantitative estimate of drug-likeness (QED) is 0.489. The first-order valence-electron chi connectivity index (χ1n) is 7.97. The minimum absolute atomic E-state index is 0.103. The van der Waals surface area contributed by atoms with Crippen molar-refractivity contribution in [1.29, 1.82) is 5.26 Å². The second-order valence-electron chi connectivity index (χ2n) is 5.88. The van der Waals surface area contributed by atoms with Gasteiger partial charge in [0.2, 0.25) is 0 Å². The highest BCUT2D eigenvalue weighted by Crippen LogP contribution is 2.17. The second kappa shape index (κ2) is 7.94. The van der Waals surface area contributed by atoms with Gasteiger partial charge < -0.3 is 10.2 Å². The van der Waals surface area contributed by atoms with Gasteiger partial charge in [0.25, 0.3) is 5.91 Å². The number of hydrogen-bond acceptors (Lipinski definition) is 3. The van der Waals surface area contributed by atoms with Crippen molar-refractivity contribution in [1.82, 2.24) is 10.2 Å². The molecule has 2 aliphatic rings. The van der Waals surface area contributed by atoms with Gasteiger partial charge in [0, 0.05) is 25.3 Å². The predicted molar refractivity (Wildman–Crippen MR) is 78.8 cm³/mol. The first kappa shape index (κ1) is 14.9. The molecule has 1 aliphatic carbocycles. The maximum Gasteiger partial charge on any atom is 0.265 e. The van der Waals surface area contributed by atoms with Gasteiger partial charge in [-0.15, -0.1) is 0 Å². The zero-order chi connectivity index (χ0) is 14.2. The number of likely N-dealkylation sites (tertiary alicyclic amines) is 1. The van der Waals surface area contributed by atoms with Crippen molar-refractivity contribution in [3.8, 4) is 6.07 Å². The van der Waals surface area contributed by atoms with Crippen LogP contribution in [0.3, 0.4) is 0 Å². The molecule has 1 amide bonds. The highest BCUT2D eigenvalue weighted by molar-refractivity contribution is 5.97. The van der Waals surface area contributed by atoms with Crippen LogP contribution in [0.4, 0.5) is 0 Å². The van der Waals surface area contributed by atoms with E-state index in [1.165, 1.54) is 32.1 Å². The Kier molecular flexibility index (Phi) is 5.91. The Morgan fingerprint density at radius 1 is 1.05 bits per heavy atom. The Bertz CT molecular complexity index is 383. The fourth-order valence-electron chi connectivity index (χ4n) is 3.06. The smallest absolute Gasteiger partial charge is 0.265 e. The maximum absolute atomic E-state index is 12.3. The SMILES string of the molecule is N#C/C(=C/NC1CCCCCC1)C(=O)N1CCCCC1. The van der Waals surface area contributed by atoms with Crippen LogP contribution in [0.25, 0.3) is 0 Å². The average molecular weight is 275 g/mol. The number of nitrogens with zero attached hydrogens (tertiary/aromatic N) is 2. The Labute approximate surface area is 121 Å². The molecule has 0 radical (unpaired) electrons. The van der Waals surface area contributed by atoms with E-state index in [-0.39, 0.29) is 11.5 Å². The van der Waals surface area contributed by atoms with E-state index in [2.05, 4.69) is 11.4 Å². The van der Waals surface area contributed by atoms with Crippen LogP contribution in [0.1, 0.15) is 57.8 Å². The number of carbonyl (C=O) groups is 1. The average Bonchev–Trinajstić information content (AvgIpc) is 2.77. The molecule has 20 heavy (non-hydrogen) atoms. The number of rotatable bonds is 3. The fourth-order valence-corrected chi connectivity index (χ4v) is 3.06. The third kappa shape index (κ3) is 4.26. The van der Waals surface area contributed by atoms with Crippen LogP contribution in [-0.2, 0) is 4.79 Å². The van der Waals surface area contributed by atoms with E-state index in [0.29, 0.717) is 6.04 Å². The number of nitriles is 1. The molecule has 0 spiro atoms. The second-order valence-corrected chi connectivity index (χ2v) is 5.88. The summed E-state index contributed by atoms with van der Waals surface area (Å²) in [6.45, 7) is 1.59. The molecule has 4 nitrogen and oxygen atoms in total. The lowest BCUT2D eigenvalue weighted by Crippen LogP contribution is -2.37. The van der Waals surface area contributed by atoms with E-state index in [0.717, 1.165) is 38.8 Å². The Morgan fingerprint density at radius 2 is 1.65 bits per heavy atom. The summed E-state index contributed by atoms with van der Waals surface area (Å²) in [5, 5.41) is 12.5. The summed E-state index contributed by atoms with van der Waals surface area (Å²) in [4.78, 5) is 14.1. The number of amides is 1. The monoisotopic (exact) mass is 275 g/mol. The highest BCUT2D eigenvalue weighted by atomic mass is 16.2. The van der Waals surface area contributed by atoms with Gasteiger partial charge in [0.1, 0.15) is 11.6 Å². The molecule has 1 N–H and O–H groups in total. The van der Waals surface area contributed by atoms with E-state index in [4.69, 9.17) is 0 Å². The summed E-state index contributed by atoms with van der Waals surface area (Å²) in [5.41, 5.74) is 0.260. The number of piperidine rings is 1. The third-order valence-corrected chi connectivity index (χ3v) is 4.31. The molecule has 4 heteroatoms. The summed E-state index contributed by atoms with van der Waals surface area (Å²) in [6.07, 6.45) is 12.4. The van der Waals surface area contributed by atoms with Gasteiger partial charge in [-0.25, -0.2) is 0 Å². The lowest BCUT2D eigenvalue weighted by atomic mass is 10.1. The van der Waals surface area contributed by atoms with Crippen LogP contribution in [0.2, 0.25) is 0 Å². The maximum atomic E-state index is 12.3. The van der Waals surface area contributed by atoms with E-state index < -0.39 is 0 Å². The molecule has 2 fully saturated rings. The lowest BCUT2D eigenvalue weighted by Gasteiger charge is -2.26. The molecule has 0 aromatic heterocycles. The van der Waals surface area contributed by atoms with Crippen LogP contribution >= 0.6 is 0 Å². The summed E-state index contributed by atoms with van der Waals surface area (Å²) in [7, 11) is 0. The lowest BCUT2D eigenvalue weighted by molar-refractivity contribution is -0.127. The first-order valence-corrected chi connectivity index (χ1v) is 7.97. The van der Waals surface area contributed by atoms with Crippen LogP contribution in [0, 0.1) is 11.3 Å². The summed E-state index contributed by atoms with van der Waals surface area (Å²) in [6, 6.07) is 2.49. The predicted octanol–water partition coefficient (Wildman–Crippen LogP) is 2.72. The molecular formula is C16H25N3O. The van der Waals surface area contributed by atoms with E-state index in [1.807, 2.05) is 4.90 Å². The largest absolute Gasteiger partial charge is 0.387 e. The first-order chi connectivity index (χ1) is 9.81. The fraction of sp³-hybridized carbons (Fsp3) is 0.750. The minimum Gasteiger partial charge on any atom is -0.387 e. The molecule has 2 rings (SSSR count). The number of carbonyl (C=O) groups excluding carboxylic acids is 1. The molecule has 0 aromatic rings. The van der Waals surface area contributed by atoms with E-state index in [9.17, 15) is 10.1 Å². The van der Waals surface area contributed by atoms with Crippen LogP contribution in [0.15, 0.2) is 11.8 Å². The van der Waals surface area contributed by atoms with Crippen molar-refractivity contribution >= 4 is 5.91 Å². The van der Waals surface area contributed by atoms with Gasteiger partial charge in [-0.05, 0) is 32.1 Å². The zero-order valence-electron chi connectivity index (χ0n) is 12.2. The summed E-state index contributed by atoms with van der Waals surface area (Å²) >= 11 is 0. The molecule has 1 aliphatic heterocycles. The van der Waals surface area contributed by atoms with Crippen molar-refractivity contribution in [3.63, 3.8) is 0 Å². The topological polar surface area (TPSA) is 56.1 Å². The Balaban J connectivity index is 1.90. The highest BCUT2D eigenvalue weighted by Gasteiger charge is 2.20. The van der Waals surface area contributed by atoms with Crippen LogP contribution < -0.4 is 5.32 Å².